The number of esters is 2. The van der Waals surface area contributed by atoms with Crippen molar-refractivity contribution in [1.29, 1.82) is 0 Å². The second-order valence-corrected chi connectivity index (χ2v) is 14.9. The molecule has 0 amide bonds. The van der Waals surface area contributed by atoms with Gasteiger partial charge in [0.15, 0.2) is 11.4 Å². The molecule has 9 rings (SSSR count). The van der Waals surface area contributed by atoms with Crippen LogP contribution in [0.5, 0.6) is 0 Å². The number of epoxide rings is 1. The summed E-state index contributed by atoms with van der Waals surface area (Å²) in [4.78, 5) is 54.6. The largest absolute Gasteiger partial charge is 0.459 e. The van der Waals surface area contributed by atoms with Crippen LogP contribution in [0.3, 0.4) is 0 Å². The Balaban J connectivity index is 1.26. The van der Waals surface area contributed by atoms with Crippen molar-refractivity contribution >= 4 is 23.5 Å². The third-order valence-corrected chi connectivity index (χ3v) is 12.7. The van der Waals surface area contributed by atoms with E-state index in [-0.39, 0.29) is 31.1 Å². The highest BCUT2D eigenvalue weighted by Gasteiger charge is 2.93. The van der Waals surface area contributed by atoms with E-state index in [2.05, 4.69) is 0 Å². The Hall–Kier alpha value is -1.92. The smallest absolute Gasteiger partial charge is 0.311 e. The summed E-state index contributed by atoms with van der Waals surface area (Å²) in [5, 5.41) is 11.7. The van der Waals surface area contributed by atoms with Crippen molar-refractivity contribution in [3.05, 3.63) is 0 Å². The average molecular weight is 559 g/mol. The summed E-state index contributed by atoms with van der Waals surface area (Å²) in [6, 6.07) is 0. The van der Waals surface area contributed by atoms with Gasteiger partial charge in [0.1, 0.15) is 35.1 Å². The Morgan fingerprint density at radius 2 is 1.65 bits per heavy atom. The molecule has 7 aliphatic heterocycles. The minimum absolute atomic E-state index is 0.120. The zero-order valence-corrected chi connectivity index (χ0v) is 23.2. The number of hydrogen-bond acceptors (Lipinski definition) is 11. The maximum absolute atomic E-state index is 15.0. The Kier molecular flexibility index (Phi) is 3.92. The normalized spacial score (nSPS) is 63.2. The topological polar surface area (TPSA) is 147 Å². The van der Waals surface area contributed by atoms with Crippen LogP contribution in [0.4, 0.5) is 0 Å². The van der Waals surface area contributed by atoms with Gasteiger partial charge in [-0.2, -0.15) is 0 Å². The van der Waals surface area contributed by atoms with Gasteiger partial charge in [-0.1, -0.05) is 6.92 Å². The van der Waals surface area contributed by atoms with Gasteiger partial charge in [0.05, 0.1) is 24.0 Å². The fraction of sp³-hybridized carbons (Fsp3) is 0.862. The van der Waals surface area contributed by atoms with Crippen molar-refractivity contribution in [3.8, 4) is 0 Å². The van der Waals surface area contributed by atoms with Crippen LogP contribution in [-0.4, -0.2) is 86.8 Å². The van der Waals surface area contributed by atoms with E-state index >= 15 is 0 Å². The Bertz CT molecular complexity index is 1350. The van der Waals surface area contributed by atoms with E-state index in [1.54, 1.807) is 13.8 Å². The molecule has 7 saturated heterocycles. The van der Waals surface area contributed by atoms with Gasteiger partial charge in [-0.15, -0.1) is 0 Å². The van der Waals surface area contributed by atoms with Gasteiger partial charge in [0, 0.05) is 29.6 Å². The number of ether oxygens (including phenoxy) is 6. The summed E-state index contributed by atoms with van der Waals surface area (Å²) in [7, 11) is 0. The van der Waals surface area contributed by atoms with Crippen molar-refractivity contribution < 1.29 is 52.7 Å². The number of carbonyl (C=O) groups is 4. The molecule has 216 valence electrons. The SMILES string of the molecule is C[C@@H]1C(=O)O[C@@H]2[C@@H]1O[C@]13O[C@@]4(CC[C@]5(C)C(=O)[C@](C)(O)[C@H]2[C@@H]15)C[C@]12OC(=O)C[C@H]1OC(C)(C)[C@@H]2C[C@@H]1O[C@@]14C3=O. The van der Waals surface area contributed by atoms with Crippen LogP contribution in [0.2, 0.25) is 0 Å². The van der Waals surface area contributed by atoms with E-state index < -0.39 is 98.9 Å². The molecular formula is C29H34O11. The van der Waals surface area contributed by atoms with E-state index in [4.69, 9.17) is 28.4 Å². The molecule has 0 aromatic heterocycles. The quantitative estimate of drug-likeness (QED) is 0.332. The van der Waals surface area contributed by atoms with Gasteiger partial charge >= 0.3 is 11.9 Å². The summed E-state index contributed by atoms with van der Waals surface area (Å²) in [6.45, 7) is 8.85. The lowest BCUT2D eigenvalue weighted by molar-refractivity contribution is -0.336. The van der Waals surface area contributed by atoms with Crippen LogP contribution in [-0.2, 0) is 47.6 Å². The standard InChI is InChI=1S/C29H34O11/c1-11-17-18(35-20(11)31)16-19-24(4,21(32)25(16,5)34)6-7-26-10-27-12(23(2,3)36-13(27)9-15(30)38-27)8-14-28(26,37-14)22(33)29(19,39-17)40-26/h11-14,16-19,34H,6-10H2,1-5H3/t11-,12-,13+,14-,16+,17+,18-,19+,24-,25+,26-,27+,28+,29-/m0/s1. The molecule has 2 bridgehead atoms. The first-order valence-electron chi connectivity index (χ1n) is 14.6. The average Bonchev–Trinajstić information content (AvgIpc) is 3.32. The summed E-state index contributed by atoms with van der Waals surface area (Å²) < 4.78 is 38.5. The second kappa shape index (κ2) is 6.37. The molecule has 2 saturated carbocycles. The molecule has 0 unspecified atom stereocenters. The molecule has 9 fully saturated rings. The number of ketones is 2. The summed E-state index contributed by atoms with van der Waals surface area (Å²) in [5.74, 6) is -6.31. The summed E-state index contributed by atoms with van der Waals surface area (Å²) in [6.07, 6.45) is -1.48. The lowest BCUT2D eigenvalue weighted by Gasteiger charge is -2.50. The predicted octanol–water partition coefficient (Wildman–Crippen LogP) is 0.758. The molecule has 11 heteroatoms. The van der Waals surface area contributed by atoms with Gasteiger partial charge in [-0.3, -0.25) is 19.2 Å². The fourth-order valence-corrected chi connectivity index (χ4v) is 11.1. The number of aliphatic hydroxyl groups is 1. The molecule has 7 heterocycles. The molecule has 0 radical (unpaired) electrons. The number of carbonyl (C=O) groups excluding carboxylic acids is 4. The molecular weight excluding hydrogens is 524 g/mol. The molecule has 1 N–H and O–H groups in total. The van der Waals surface area contributed by atoms with Gasteiger partial charge in [-0.25, -0.2) is 0 Å². The van der Waals surface area contributed by atoms with Crippen LogP contribution in [0.1, 0.15) is 66.7 Å². The first kappa shape index (κ1) is 24.7. The minimum Gasteiger partial charge on any atom is -0.459 e. The highest BCUT2D eigenvalue weighted by molar-refractivity contribution is 6.04. The number of rotatable bonds is 0. The van der Waals surface area contributed by atoms with Crippen molar-refractivity contribution in [2.24, 2.45) is 29.1 Å². The van der Waals surface area contributed by atoms with Crippen LogP contribution < -0.4 is 0 Å². The second-order valence-electron chi connectivity index (χ2n) is 14.9. The zero-order valence-electron chi connectivity index (χ0n) is 23.2. The molecule has 0 aromatic rings. The van der Waals surface area contributed by atoms with Gasteiger partial charge in [-0.05, 0) is 47.0 Å². The van der Waals surface area contributed by atoms with Crippen LogP contribution in [0.15, 0.2) is 0 Å². The van der Waals surface area contributed by atoms with Crippen molar-refractivity contribution in [3.63, 3.8) is 0 Å². The Labute approximate surface area is 230 Å². The molecule has 14 atom stereocenters. The van der Waals surface area contributed by atoms with E-state index in [9.17, 15) is 24.3 Å². The third-order valence-electron chi connectivity index (χ3n) is 12.7. The molecule has 2 aliphatic carbocycles. The van der Waals surface area contributed by atoms with Crippen LogP contribution >= 0.6 is 0 Å². The van der Waals surface area contributed by atoms with Gasteiger partial charge in [0.25, 0.3) is 0 Å². The Morgan fingerprint density at radius 3 is 2.40 bits per heavy atom. The number of fused-ring (bicyclic) bond motifs is 2. The lowest BCUT2D eigenvalue weighted by Crippen LogP contribution is -2.65. The van der Waals surface area contributed by atoms with Gasteiger partial charge < -0.3 is 33.5 Å². The maximum atomic E-state index is 15.0. The maximum Gasteiger partial charge on any atom is 0.311 e. The van der Waals surface area contributed by atoms with Crippen molar-refractivity contribution in [2.45, 2.75) is 125 Å². The molecule has 9 aliphatic rings. The van der Waals surface area contributed by atoms with E-state index in [0.29, 0.717) is 12.8 Å². The highest BCUT2D eigenvalue weighted by Crippen LogP contribution is 2.76. The molecule has 0 aromatic carbocycles. The molecule has 4 spiro atoms. The lowest BCUT2D eigenvalue weighted by atomic mass is 9.60. The number of Topliss-reactive ketones (excluding diaryl/α,β-unsaturated/α-hetero) is 2. The molecule has 40 heavy (non-hydrogen) atoms. The first-order valence-corrected chi connectivity index (χ1v) is 14.6. The van der Waals surface area contributed by atoms with E-state index in [0.717, 1.165) is 0 Å². The first-order chi connectivity index (χ1) is 18.6. The zero-order chi connectivity index (χ0) is 28.2. The van der Waals surface area contributed by atoms with E-state index in [1.165, 1.54) is 6.92 Å². The van der Waals surface area contributed by atoms with Crippen LogP contribution in [0, 0.1) is 29.1 Å². The summed E-state index contributed by atoms with van der Waals surface area (Å²) >= 11 is 0. The predicted molar refractivity (Wildman–Crippen MR) is 128 cm³/mol. The van der Waals surface area contributed by atoms with Gasteiger partial charge in [0.2, 0.25) is 11.6 Å². The van der Waals surface area contributed by atoms with Crippen LogP contribution in [0.25, 0.3) is 0 Å². The third kappa shape index (κ3) is 2.20. The highest BCUT2D eigenvalue weighted by atomic mass is 16.8. The minimum atomic E-state index is -1.93. The fourth-order valence-electron chi connectivity index (χ4n) is 11.1. The summed E-state index contributed by atoms with van der Waals surface area (Å²) in [5.41, 5.74) is -7.27. The Morgan fingerprint density at radius 1 is 0.900 bits per heavy atom. The number of hydrogen-bond donors (Lipinski definition) is 1. The molecule has 11 nitrogen and oxygen atoms in total. The monoisotopic (exact) mass is 558 g/mol. The van der Waals surface area contributed by atoms with E-state index in [1.807, 2.05) is 13.8 Å². The van der Waals surface area contributed by atoms with Crippen molar-refractivity contribution in [2.75, 3.05) is 0 Å². The van der Waals surface area contributed by atoms with Crippen molar-refractivity contribution in [1.82, 2.24) is 0 Å².